The van der Waals surface area contributed by atoms with Crippen LogP contribution >= 0.6 is 0 Å². The van der Waals surface area contributed by atoms with Gasteiger partial charge in [0.2, 0.25) is 0 Å². The van der Waals surface area contributed by atoms with Crippen LogP contribution in [0.5, 0.6) is 0 Å². The third-order valence-corrected chi connectivity index (χ3v) is 2.81. The average molecular weight is 266 g/mol. The molecule has 1 aromatic rings. The molecule has 1 atom stereocenters. The molecule has 1 unspecified atom stereocenters. The molecule has 5 heteroatoms. The second-order valence-corrected chi connectivity index (χ2v) is 4.38. The molecule has 0 radical (unpaired) electrons. The predicted molar refractivity (Wildman–Crippen MR) is 72.3 cm³/mol. The van der Waals surface area contributed by atoms with Gasteiger partial charge in [-0.2, -0.15) is 0 Å². The molecule has 5 nitrogen and oxygen atoms in total. The first-order chi connectivity index (χ1) is 9.13. The lowest BCUT2D eigenvalue weighted by molar-refractivity contribution is 0.0489. The van der Waals surface area contributed by atoms with Crippen LogP contribution in [0, 0.1) is 0 Å². The number of carboxylic acid groups (broad SMARTS) is 1. The highest BCUT2D eigenvalue weighted by Crippen LogP contribution is 2.20. The van der Waals surface area contributed by atoms with Crippen molar-refractivity contribution in [3.05, 3.63) is 23.3 Å². The van der Waals surface area contributed by atoms with E-state index in [2.05, 4.69) is 16.9 Å². The van der Waals surface area contributed by atoms with E-state index < -0.39 is 5.97 Å². The van der Waals surface area contributed by atoms with E-state index in [0.29, 0.717) is 24.5 Å². The summed E-state index contributed by atoms with van der Waals surface area (Å²) >= 11 is 0. The molecule has 1 aromatic heterocycles. The molecule has 0 aromatic carbocycles. The van der Waals surface area contributed by atoms with Crippen molar-refractivity contribution in [1.82, 2.24) is 9.97 Å². The first kappa shape index (κ1) is 15.6. The van der Waals surface area contributed by atoms with Gasteiger partial charge < -0.3 is 9.84 Å². The molecule has 0 saturated heterocycles. The van der Waals surface area contributed by atoms with E-state index >= 15 is 0 Å². The Bertz CT molecular complexity index is 415. The van der Waals surface area contributed by atoms with Gasteiger partial charge in [-0.15, -0.1) is 0 Å². The number of nitrogens with zero attached hydrogens (tertiary/aromatic N) is 2. The maximum absolute atomic E-state index is 11.1. The normalized spacial score (nSPS) is 12.4. The van der Waals surface area contributed by atoms with Crippen molar-refractivity contribution in [2.24, 2.45) is 0 Å². The summed E-state index contributed by atoms with van der Waals surface area (Å²) in [5.74, 6) is -0.379. The predicted octanol–water partition coefficient (Wildman–Crippen LogP) is 3.01. The summed E-state index contributed by atoms with van der Waals surface area (Å²) in [6, 6.07) is 0. The van der Waals surface area contributed by atoms with Gasteiger partial charge in [-0.1, -0.05) is 26.7 Å². The van der Waals surface area contributed by atoms with E-state index in [1.807, 2.05) is 13.8 Å². The van der Waals surface area contributed by atoms with Gasteiger partial charge in [-0.25, -0.2) is 14.8 Å². The van der Waals surface area contributed by atoms with Gasteiger partial charge >= 0.3 is 5.97 Å². The summed E-state index contributed by atoms with van der Waals surface area (Å²) in [6.07, 6.45) is 4.56. The molecule has 19 heavy (non-hydrogen) atoms. The van der Waals surface area contributed by atoms with Gasteiger partial charge in [-0.3, -0.25) is 0 Å². The molecule has 0 spiro atoms. The molecular weight excluding hydrogens is 244 g/mol. The van der Waals surface area contributed by atoms with Crippen LogP contribution in [0.2, 0.25) is 0 Å². The van der Waals surface area contributed by atoms with E-state index in [-0.39, 0.29) is 11.7 Å². The van der Waals surface area contributed by atoms with E-state index in [0.717, 1.165) is 19.3 Å². The highest BCUT2D eigenvalue weighted by Gasteiger charge is 2.18. The lowest BCUT2D eigenvalue weighted by atomic mass is 10.1. The van der Waals surface area contributed by atoms with Crippen LogP contribution in [-0.2, 0) is 11.2 Å². The number of carboxylic acids is 1. The van der Waals surface area contributed by atoms with Crippen molar-refractivity contribution in [3.63, 3.8) is 0 Å². The lowest BCUT2D eigenvalue weighted by Gasteiger charge is -2.16. The van der Waals surface area contributed by atoms with Crippen molar-refractivity contribution >= 4 is 5.97 Å². The fourth-order valence-corrected chi connectivity index (χ4v) is 1.94. The van der Waals surface area contributed by atoms with Crippen LogP contribution in [0.25, 0.3) is 0 Å². The molecule has 0 amide bonds. The summed E-state index contributed by atoms with van der Waals surface area (Å²) in [5.41, 5.74) is 0.790. The minimum atomic E-state index is -0.974. The Balaban J connectivity index is 3.07. The van der Waals surface area contributed by atoms with Crippen molar-refractivity contribution in [3.8, 4) is 0 Å². The van der Waals surface area contributed by atoms with Crippen LogP contribution in [0.3, 0.4) is 0 Å². The second-order valence-electron chi connectivity index (χ2n) is 4.38. The Morgan fingerprint density at radius 1 is 1.37 bits per heavy atom. The topological polar surface area (TPSA) is 72.3 Å². The first-order valence-corrected chi connectivity index (χ1v) is 6.84. The molecule has 106 valence electrons. The molecule has 0 aliphatic carbocycles. The number of ether oxygens (including phenoxy) is 1. The van der Waals surface area contributed by atoms with Gasteiger partial charge in [-0.05, 0) is 19.8 Å². The zero-order valence-corrected chi connectivity index (χ0v) is 11.8. The first-order valence-electron chi connectivity index (χ1n) is 6.84. The third kappa shape index (κ3) is 4.28. The van der Waals surface area contributed by atoms with E-state index in [1.54, 1.807) is 0 Å². The smallest absolute Gasteiger partial charge is 0.339 e. The van der Waals surface area contributed by atoms with E-state index in [1.165, 1.54) is 6.20 Å². The van der Waals surface area contributed by atoms with Gasteiger partial charge in [0.05, 0.1) is 11.3 Å². The number of rotatable bonds is 8. The Morgan fingerprint density at radius 3 is 2.63 bits per heavy atom. The molecule has 0 fully saturated rings. The molecule has 1 rings (SSSR count). The average Bonchev–Trinajstić information content (AvgIpc) is 2.38. The van der Waals surface area contributed by atoms with Crippen LogP contribution in [0.4, 0.5) is 0 Å². The number of hydrogen-bond acceptors (Lipinski definition) is 4. The Morgan fingerprint density at radius 2 is 2.11 bits per heavy atom. The Kier molecular flexibility index (Phi) is 6.42. The van der Waals surface area contributed by atoms with E-state index in [9.17, 15) is 4.79 Å². The van der Waals surface area contributed by atoms with Crippen LogP contribution < -0.4 is 0 Å². The number of aryl methyl sites for hydroxylation is 1. The van der Waals surface area contributed by atoms with Crippen LogP contribution in [-0.4, -0.2) is 27.7 Å². The Labute approximate surface area is 114 Å². The highest BCUT2D eigenvalue weighted by atomic mass is 16.5. The Hall–Kier alpha value is -1.49. The lowest BCUT2D eigenvalue weighted by Crippen LogP contribution is -2.14. The summed E-state index contributed by atoms with van der Waals surface area (Å²) < 4.78 is 5.63. The molecular formula is C14H22N2O3. The molecule has 1 N–H and O–H groups in total. The van der Waals surface area contributed by atoms with E-state index in [4.69, 9.17) is 9.84 Å². The van der Waals surface area contributed by atoms with Crippen molar-refractivity contribution in [1.29, 1.82) is 0 Å². The number of aromatic nitrogens is 2. The molecule has 0 aliphatic heterocycles. The van der Waals surface area contributed by atoms with Gasteiger partial charge in [0.25, 0.3) is 0 Å². The molecule has 0 saturated carbocycles. The van der Waals surface area contributed by atoms with Crippen LogP contribution in [0.15, 0.2) is 6.20 Å². The maximum Gasteiger partial charge on any atom is 0.339 e. The zero-order chi connectivity index (χ0) is 14.3. The minimum Gasteiger partial charge on any atom is -0.478 e. The number of hydrogen-bond donors (Lipinski definition) is 1. The van der Waals surface area contributed by atoms with Crippen molar-refractivity contribution in [2.75, 3.05) is 6.61 Å². The zero-order valence-electron chi connectivity index (χ0n) is 11.8. The summed E-state index contributed by atoms with van der Waals surface area (Å²) in [5, 5.41) is 9.12. The largest absolute Gasteiger partial charge is 0.478 e. The molecule has 1 heterocycles. The monoisotopic (exact) mass is 266 g/mol. The maximum atomic E-state index is 11.1. The second kappa shape index (κ2) is 7.84. The van der Waals surface area contributed by atoms with Gasteiger partial charge in [0, 0.05) is 12.8 Å². The van der Waals surface area contributed by atoms with Gasteiger partial charge in [0.15, 0.2) is 5.82 Å². The quantitative estimate of drug-likeness (QED) is 0.783. The van der Waals surface area contributed by atoms with Crippen molar-refractivity contribution < 1.29 is 14.6 Å². The number of aromatic carboxylic acids is 1. The summed E-state index contributed by atoms with van der Waals surface area (Å²) in [7, 11) is 0. The highest BCUT2D eigenvalue weighted by molar-refractivity contribution is 5.88. The SMILES string of the molecule is CCCc1nc(C(CCC)OCC)ncc1C(=O)O. The fraction of sp³-hybridized carbons (Fsp3) is 0.643. The fourth-order valence-electron chi connectivity index (χ4n) is 1.94. The third-order valence-electron chi connectivity index (χ3n) is 2.81. The number of carbonyl (C=O) groups is 1. The van der Waals surface area contributed by atoms with Gasteiger partial charge in [0.1, 0.15) is 6.10 Å². The van der Waals surface area contributed by atoms with Crippen molar-refractivity contribution in [2.45, 2.75) is 52.6 Å². The minimum absolute atomic E-state index is 0.145. The molecule has 0 bridgehead atoms. The summed E-state index contributed by atoms with van der Waals surface area (Å²) in [4.78, 5) is 19.7. The van der Waals surface area contributed by atoms with Crippen LogP contribution in [0.1, 0.15) is 68.0 Å². The summed E-state index contributed by atoms with van der Waals surface area (Å²) in [6.45, 7) is 6.60. The molecule has 0 aliphatic rings. The standard InChI is InChI=1S/C14H22N2O3/c1-4-7-11-10(14(17)18)9-15-13(16-11)12(8-5-2)19-6-3/h9,12H,4-8H2,1-3H3,(H,17,18).